The number of likely N-dealkylation sites (tertiary alicyclic amines) is 1. The smallest absolute Gasteiger partial charge is 0.274 e. The molecule has 0 spiro atoms. The van der Waals surface area contributed by atoms with Crippen LogP contribution in [0, 0.1) is 0 Å². The average Bonchev–Trinajstić information content (AvgIpc) is 3.31. The van der Waals surface area contributed by atoms with E-state index in [2.05, 4.69) is 21.3 Å². The van der Waals surface area contributed by atoms with E-state index in [-0.39, 0.29) is 5.91 Å². The van der Waals surface area contributed by atoms with Crippen molar-refractivity contribution < 1.29 is 4.79 Å². The van der Waals surface area contributed by atoms with Crippen molar-refractivity contribution in [2.24, 2.45) is 0 Å². The molecule has 4 rings (SSSR count). The first-order chi connectivity index (χ1) is 12.7. The fraction of sp³-hybridized carbons (Fsp3) is 0.300. The molecule has 5 nitrogen and oxygen atoms in total. The highest BCUT2D eigenvalue weighted by molar-refractivity contribution is 6.33. The number of rotatable bonds is 5. The number of carbonyl (C=O) groups excluding carboxylic acids is 1. The fourth-order valence-corrected chi connectivity index (χ4v) is 3.57. The van der Waals surface area contributed by atoms with Gasteiger partial charge in [-0.1, -0.05) is 29.8 Å². The van der Waals surface area contributed by atoms with Gasteiger partial charge in [-0.25, -0.2) is 4.98 Å². The molecule has 0 radical (unpaired) electrons. The molecule has 3 heterocycles. The number of hydrogen-bond donors (Lipinski definition) is 1. The molecule has 2 aromatic heterocycles. The molecule has 1 N–H and O–H groups in total. The SMILES string of the molecule is O=C(Nc1ccccc1Cl)c1cnc2ccc(CCN3CCCC3)cn12. The van der Waals surface area contributed by atoms with Crippen molar-refractivity contribution in [3.05, 3.63) is 65.1 Å². The first-order valence-corrected chi connectivity index (χ1v) is 9.33. The van der Waals surface area contributed by atoms with Gasteiger partial charge in [-0.15, -0.1) is 0 Å². The molecule has 26 heavy (non-hydrogen) atoms. The van der Waals surface area contributed by atoms with Gasteiger partial charge >= 0.3 is 0 Å². The first kappa shape index (κ1) is 17.1. The molecule has 0 unspecified atom stereocenters. The van der Waals surface area contributed by atoms with Crippen LogP contribution >= 0.6 is 11.6 Å². The van der Waals surface area contributed by atoms with Crippen LogP contribution < -0.4 is 5.32 Å². The number of hydrogen-bond acceptors (Lipinski definition) is 3. The van der Waals surface area contributed by atoms with Crippen LogP contribution in [0.1, 0.15) is 28.9 Å². The van der Waals surface area contributed by atoms with Gasteiger partial charge in [0.15, 0.2) is 0 Å². The van der Waals surface area contributed by atoms with Crippen LogP contribution in [-0.4, -0.2) is 39.8 Å². The number of imidazole rings is 1. The Morgan fingerprint density at radius 2 is 1.96 bits per heavy atom. The Morgan fingerprint density at radius 3 is 2.77 bits per heavy atom. The van der Waals surface area contributed by atoms with Crippen LogP contribution in [0.4, 0.5) is 5.69 Å². The summed E-state index contributed by atoms with van der Waals surface area (Å²) in [7, 11) is 0. The molecular formula is C20H21ClN4O. The van der Waals surface area contributed by atoms with E-state index in [0.717, 1.165) is 18.6 Å². The third-order valence-corrected chi connectivity index (χ3v) is 5.17. The third-order valence-electron chi connectivity index (χ3n) is 4.84. The largest absolute Gasteiger partial charge is 0.319 e. The summed E-state index contributed by atoms with van der Waals surface area (Å²) in [6.45, 7) is 3.44. The van der Waals surface area contributed by atoms with Crippen molar-refractivity contribution in [3.63, 3.8) is 0 Å². The Morgan fingerprint density at radius 1 is 1.15 bits per heavy atom. The molecule has 134 valence electrons. The molecule has 0 saturated carbocycles. The summed E-state index contributed by atoms with van der Waals surface area (Å²) in [5, 5.41) is 3.38. The van der Waals surface area contributed by atoms with Crippen LogP contribution in [0.3, 0.4) is 0 Å². The minimum absolute atomic E-state index is 0.220. The number of carbonyl (C=O) groups is 1. The topological polar surface area (TPSA) is 49.6 Å². The van der Waals surface area contributed by atoms with E-state index >= 15 is 0 Å². The van der Waals surface area contributed by atoms with Crippen molar-refractivity contribution in [3.8, 4) is 0 Å². The number of halogens is 1. The second kappa shape index (κ2) is 7.48. The monoisotopic (exact) mass is 368 g/mol. The van der Waals surface area contributed by atoms with Crippen LogP contribution in [0.5, 0.6) is 0 Å². The number of amides is 1. The number of aromatic nitrogens is 2. The zero-order valence-electron chi connectivity index (χ0n) is 14.5. The highest BCUT2D eigenvalue weighted by Crippen LogP contribution is 2.21. The summed E-state index contributed by atoms with van der Waals surface area (Å²) >= 11 is 6.13. The second-order valence-electron chi connectivity index (χ2n) is 6.64. The zero-order chi connectivity index (χ0) is 17.9. The van der Waals surface area contributed by atoms with E-state index in [0.29, 0.717) is 16.4 Å². The molecular weight excluding hydrogens is 348 g/mol. The summed E-state index contributed by atoms with van der Waals surface area (Å²) in [5.41, 5.74) is 3.07. The van der Waals surface area contributed by atoms with Crippen molar-refractivity contribution in [1.29, 1.82) is 0 Å². The minimum Gasteiger partial charge on any atom is -0.319 e. The van der Waals surface area contributed by atoms with Gasteiger partial charge in [0, 0.05) is 12.7 Å². The van der Waals surface area contributed by atoms with Crippen LogP contribution in [0.2, 0.25) is 5.02 Å². The molecule has 1 saturated heterocycles. The van der Waals surface area contributed by atoms with Crippen molar-refractivity contribution >= 4 is 28.8 Å². The molecule has 1 fully saturated rings. The van der Waals surface area contributed by atoms with E-state index in [9.17, 15) is 4.79 Å². The van der Waals surface area contributed by atoms with E-state index in [1.54, 1.807) is 18.3 Å². The van der Waals surface area contributed by atoms with Gasteiger partial charge in [-0.2, -0.15) is 0 Å². The van der Waals surface area contributed by atoms with Crippen LogP contribution in [0.15, 0.2) is 48.8 Å². The second-order valence-corrected chi connectivity index (χ2v) is 7.05. The Labute approximate surface area is 157 Å². The number of benzene rings is 1. The molecule has 1 amide bonds. The predicted molar refractivity (Wildman–Crippen MR) is 104 cm³/mol. The van der Waals surface area contributed by atoms with Gasteiger partial charge in [0.2, 0.25) is 0 Å². The molecule has 0 aliphatic carbocycles. The predicted octanol–water partition coefficient (Wildman–Crippen LogP) is 3.88. The zero-order valence-corrected chi connectivity index (χ0v) is 15.2. The van der Waals surface area contributed by atoms with Gasteiger partial charge in [-0.05, 0) is 56.1 Å². The summed E-state index contributed by atoms with van der Waals surface area (Å²) in [6.07, 6.45) is 7.19. The van der Waals surface area contributed by atoms with Gasteiger partial charge in [0.1, 0.15) is 11.3 Å². The lowest BCUT2D eigenvalue weighted by atomic mass is 10.2. The summed E-state index contributed by atoms with van der Waals surface area (Å²) in [5.74, 6) is -0.220. The standard InChI is InChI=1S/C20H21ClN4O/c21-16-5-1-2-6-17(16)23-20(26)18-13-22-19-8-7-15(14-25(18)19)9-12-24-10-3-4-11-24/h1-2,5-8,13-14H,3-4,9-12H2,(H,23,26). The molecule has 1 aromatic carbocycles. The Kier molecular flexibility index (Phi) is 4.91. The Bertz CT molecular complexity index is 930. The molecule has 3 aromatic rings. The van der Waals surface area contributed by atoms with Crippen LogP contribution in [0.25, 0.3) is 5.65 Å². The number of nitrogens with one attached hydrogen (secondary N) is 1. The summed E-state index contributed by atoms with van der Waals surface area (Å²) < 4.78 is 1.85. The highest BCUT2D eigenvalue weighted by Gasteiger charge is 2.15. The fourth-order valence-electron chi connectivity index (χ4n) is 3.38. The summed E-state index contributed by atoms with van der Waals surface area (Å²) in [6, 6.07) is 11.3. The maximum Gasteiger partial charge on any atom is 0.274 e. The highest BCUT2D eigenvalue weighted by atomic mass is 35.5. The minimum atomic E-state index is -0.220. The number of nitrogens with zero attached hydrogens (tertiary/aromatic N) is 3. The van der Waals surface area contributed by atoms with E-state index < -0.39 is 0 Å². The maximum atomic E-state index is 12.7. The van der Waals surface area contributed by atoms with Gasteiger partial charge in [0.05, 0.1) is 16.9 Å². The lowest BCUT2D eigenvalue weighted by Crippen LogP contribution is -2.22. The number of fused-ring (bicyclic) bond motifs is 1. The first-order valence-electron chi connectivity index (χ1n) is 8.95. The summed E-state index contributed by atoms with van der Waals surface area (Å²) in [4.78, 5) is 19.5. The Hall–Kier alpha value is -2.37. The normalized spacial score (nSPS) is 14.8. The van der Waals surface area contributed by atoms with Gasteiger partial charge in [0.25, 0.3) is 5.91 Å². The number of para-hydroxylation sites is 1. The van der Waals surface area contributed by atoms with E-state index in [1.165, 1.54) is 31.5 Å². The third kappa shape index (κ3) is 3.59. The number of pyridine rings is 1. The average molecular weight is 369 g/mol. The molecule has 0 atom stereocenters. The van der Waals surface area contributed by atoms with Crippen molar-refractivity contribution in [2.45, 2.75) is 19.3 Å². The van der Waals surface area contributed by atoms with E-state index in [1.807, 2.05) is 28.8 Å². The molecule has 1 aliphatic heterocycles. The molecule has 0 bridgehead atoms. The Balaban J connectivity index is 1.54. The quantitative estimate of drug-likeness (QED) is 0.743. The number of anilines is 1. The van der Waals surface area contributed by atoms with Crippen molar-refractivity contribution in [1.82, 2.24) is 14.3 Å². The molecule has 6 heteroatoms. The van der Waals surface area contributed by atoms with Crippen LogP contribution in [-0.2, 0) is 6.42 Å². The van der Waals surface area contributed by atoms with Crippen molar-refractivity contribution in [2.75, 3.05) is 25.0 Å². The molecule has 1 aliphatic rings. The maximum absolute atomic E-state index is 12.7. The lowest BCUT2D eigenvalue weighted by Gasteiger charge is -2.14. The van der Waals surface area contributed by atoms with E-state index in [4.69, 9.17) is 11.6 Å². The van der Waals surface area contributed by atoms with Gasteiger partial charge < -0.3 is 10.2 Å². The lowest BCUT2D eigenvalue weighted by molar-refractivity contribution is 0.102. The van der Waals surface area contributed by atoms with Gasteiger partial charge in [-0.3, -0.25) is 9.20 Å².